The van der Waals surface area contributed by atoms with E-state index in [-0.39, 0.29) is 10.3 Å². The molecule has 2 atom stereocenters. The molecule has 0 heterocycles. The molecule has 0 amide bonds. The fraction of sp³-hybridized carbons (Fsp3) is 0.571. The first kappa shape index (κ1) is 14.5. The molecular weight excluding hydrogens is 262 g/mol. The summed E-state index contributed by atoms with van der Waals surface area (Å²) in [4.78, 5) is 0.246. The smallest absolute Gasteiger partial charge is 0.240 e. The van der Waals surface area contributed by atoms with Gasteiger partial charge in [0.1, 0.15) is 0 Å². The molecule has 1 fully saturated rings. The van der Waals surface area contributed by atoms with E-state index in [1.165, 1.54) is 12.1 Å². The standard InChI is InChI=1S/C14H21NO3S/c1-10(16)11-4-6-13(7-5-11)19(17,18)15-9-12-8-14(12,2)3/h4-7,10,12,15-16H,8-9H2,1-3H3. The number of rotatable bonds is 5. The van der Waals surface area contributed by atoms with Crippen LogP contribution in [-0.2, 0) is 10.0 Å². The van der Waals surface area contributed by atoms with Crippen LogP contribution in [0.25, 0.3) is 0 Å². The van der Waals surface area contributed by atoms with E-state index in [0.717, 1.165) is 6.42 Å². The maximum Gasteiger partial charge on any atom is 0.240 e. The van der Waals surface area contributed by atoms with Crippen molar-refractivity contribution in [1.82, 2.24) is 4.72 Å². The van der Waals surface area contributed by atoms with Gasteiger partial charge in [-0.3, -0.25) is 0 Å². The lowest BCUT2D eigenvalue weighted by atomic mass is 10.1. The van der Waals surface area contributed by atoms with E-state index >= 15 is 0 Å². The average Bonchev–Trinajstić information content (AvgIpc) is 2.95. The molecule has 106 valence electrons. The molecule has 0 radical (unpaired) electrons. The molecule has 0 aromatic heterocycles. The van der Waals surface area contributed by atoms with Crippen LogP contribution in [-0.4, -0.2) is 20.1 Å². The minimum atomic E-state index is -3.44. The molecular formula is C14H21NO3S. The molecule has 0 saturated heterocycles. The Hall–Kier alpha value is -0.910. The minimum absolute atomic E-state index is 0.246. The number of nitrogens with one attached hydrogen (secondary N) is 1. The van der Waals surface area contributed by atoms with Gasteiger partial charge in [0, 0.05) is 6.54 Å². The number of aliphatic hydroxyl groups is 1. The van der Waals surface area contributed by atoms with Gasteiger partial charge in [0.2, 0.25) is 10.0 Å². The van der Waals surface area contributed by atoms with Crippen molar-refractivity contribution in [3.63, 3.8) is 0 Å². The van der Waals surface area contributed by atoms with Gasteiger partial charge in [0.25, 0.3) is 0 Å². The Bertz CT molecular complexity index is 547. The van der Waals surface area contributed by atoms with Gasteiger partial charge in [-0.05, 0) is 42.4 Å². The zero-order valence-corrected chi connectivity index (χ0v) is 12.4. The van der Waals surface area contributed by atoms with Gasteiger partial charge < -0.3 is 5.11 Å². The van der Waals surface area contributed by atoms with Gasteiger partial charge in [-0.1, -0.05) is 26.0 Å². The molecule has 0 aliphatic heterocycles. The van der Waals surface area contributed by atoms with Gasteiger partial charge >= 0.3 is 0 Å². The van der Waals surface area contributed by atoms with Crippen LogP contribution in [0.5, 0.6) is 0 Å². The van der Waals surface area contributed by atoms with E-state index in [0.29, 0.717) is 18.0 Å². The SMILES string of the molecule is CC(O)c1ccc(S(=O)(=O)NCC2CC2(C)C)cc1. The first-order valence-corrected chi connectivity index (χ1v) is 7.98. The molecule has 2 N–H and O–H groups in total. The van der Waals surface area contributed by atoms with Crippen molar-refractivity contribution >= 4 is 10.0 Å². The molecule has 2 unspecified atom stereocenters. The molecule has 1 aliphatic carbocycles. The van der Waals surface area contributed by atoms with E-state index in [1.807, 2.05) is 0 Å². The van der Waals surface area contributed by atoms with Crippen LogP contribution in [0.3, 0.4) is 0 Å². The lowest BCUT2D eigenvalue weighted by molar-refractivity contribution is 0.199. The molecule has 4 nitrogen and oxygen atoms in total. The largest absolute Gasteiger partial charge is 0.389 e. The van der Waals surface area contributed by atoms with E-state index < -0.39 is 16.1 Å². The number of sulfonamides is 1. The highest BCUT2D eigenvalue weighted by molar-refractivity contribution is 7.89. The van der Waals surface area contributed by atoms with Crippen molar-refractivity contribution in [1.29, 1.82) is 0 Å². The molecule has 5 heteroatoms. The molecule has 1 aliphatic rings. The Balaban J connectivity index is 2.03. The van der Waals surface area contributed by atoms with Gasteiger partial charge in [0.05, 0.1) is 11.0 Å². The average molecular weight is 283 g/mol. The summed E-state index contributed by atoms with van der Waals surface area (Å²) < 4.78 is 26.8. The predicted octanol–water partition coefficient (Wildman–Crippen LogP) is 2.06. The number of hydrogen-bond acceptors (Lipinski definition) is 3. The first-order chi connectivity index (χ1) is 8.72. The monoisotopic (exact) mass is 283 g/mol. The summed E-state index contributed by atoms with van der Waals surface area (Å²) in [5, 5.41) is 9.39. The van der Waals surface area contributed by atoms with Crippen molar-refractivity contribution in [2.45, 2.75) is 38.2 Å². The maximum atomic E-state index is 12.1. The summed E-state index contributed by atoms with van der Waals surface area (Å²) in [6, 6.07) is 6.34. The molecule has 1 aromatic carbocycles. The Morgan fingerprint density at radius 2 is 1.89 bits per heavy atom. The summed E-state index contributed by atoms with van der Waals surface area (Å²) in [6.45, 7) is 6.43. The molecule has 1 aromatic rings. The van der Waals surface area contributed by atoms with Crippen LogP contribution in [0, 0.1) is 11.3 Å². The van der Waals surface area contributed by atoms with E-state index in [9.17, 15) is 13.5 Å². The van der Waals surface area contributed by atoms with Crippen molar-refractivity contribution in [2.75, 3.05) is 6.54 Å². The van der Waals surface area contributed by atoms with Crippen molar-refractivity contribution in [3.05, 3.63) is 29.8 Å². The fourth-order valence-electron chi connectivity index (χ4n) is 2.14. The van der Waals surface area contributed by atoms with E-state index in [4.69, 9.17) is 0 Å². The second kappa shape index (κ2) is 4.89. The predicted molar refractivity (Wildman–Crippen MR) is 74.2 cm³/mol. The molecule has 19 heavy (non-hydrogen) atoms. The number of hydrogen-bond donors (Lipinski definition) is 2. The Morgan fingerprint density at radius 1 is 1.37 bits per heavy atom. The fourth-order valence-corrected chi connectivity index (χ4v) is 3.23. The Labute approximate surface area is 114 Å². The van der Waals surface area contributed by atoms with Crippen LogP contribution in [0.4, 0.5) is 0 Å². The molecule has 0 bridgehead atoms. The maximum absolute atomic E-state index is 12.1. The zero-order valence-electron chi connectivity index (χ0n) is 11.6. The normalized spacial score (nSPS) is 23.1. The van der Waals surface area contributed by atoms with E-state index in [2.05, 4.69) is 18.6 Å². The summed E-state index contributed by atoms with van der Waals surface area (Å²) in [5.41, 5.74) is 0.973. The quantitative estimate of drug-likeness (QED) is 0.869. The summed E-state index contributed by atoms with van der Waals surface area (Å²) in [5.74, 6) is 0.430. The third-order valence-corrected chi connectivity index (χ3v) is 5.35. The zero-order chi connectivity index (χ0) is 14.3. The first-order valence-electron chi connectivity index (χ1n) is 6.50. The van der Waals surface area contributed by atoms with Crippen LogP contribution in [0.15, 0.2) is 29.2 Å². The second-order valence-electron chi connectivity index (χ2n) is 5.99. The van der Waals surface area contributed by atoms with Crippen LogP contribution in [0.2, 0.25) is 0 Å². The number of aliphatic hydroxyl groups excluding tert-OH is 1. The Morgan fingerprint density at radius 3 is 2.32 bits per heavy atom. The van der Waals surface area contributed by atoms with Crippen molar-refractivity contribution in [2.24, 2.45) is 11.3 Å². The summed E-state index contributed by atoms with van der Waals surface area (Å²) in [6.07, 6.45) is 0.480. The third kappa shape index (κ3) is 3.35. The highest BCUT2D eigenvalue weighted by Crippen LogP contribution is 2.51. The van der Waals surface area contributed by atoms with Crippen LogP contribution < -0.4 is 4.72 Å². The summed E-state index contributed by atoms with van der Waals surface area (Å²) >= 11 is 0. The van der Waals surface area contributed by atoms with Crippen molar-refractivity contribution < 1.29 is 13.5 Å². The molecule has 2 rings (SSSR count). The lowest BCUT2D eigenvalue weighted by Crippen LogP contribution is -2.26. The topological polar surface area (TPSA) is 66.4 Å². The summed E-state index contributed by atoms with van der Waals surface area (Å²) in [7, 11) is -3.44. The Kier molecular flexibility index (Phi) is 3.73. The highest BCUT2D eigenvalue weighted by atomic mass is 32.2. The van der Waals surface area contributed by atoms with Gasteiger partial charge in [-0.25, -0.2) is 13.1 Å². The van der Waals surface area contributed by atoms with E-state index in [1.54, 1.807) is 19.1 Å². The van der Waals surface area contributed by atoms with Gasteiger partial charge in [-0.2, -0.15) is 0 Å². The number of benzene rings is 1. The van der Waals surface area contributed by atoms with Crippen LogP contribution in [0.1, 0.15) is 38.9 Å². The lowest BCUT2D eigenvalue weighted by Gasteiger charge is -2.09. The van der Waals surface area contributed by atoms with Crippen LogP contribution >= 0.6 is 0 Å². The molecule has 0 spiro atoms. The molecule has 1 saturated carbocycles. The van der Waals surface area contributed by atoms with Gasteiger partial charge in [-0.15, -0.1) is 0 Å². The minimum Gasteiger partial charge on any atom is -0.389 e. The third-order valence-electron chi connectivity index (χ3n) is 3.91. The second-order valence-corrected chi connectivity index (χ2v) is 7.75. The van der Waals surface area contributed by atoms with Gasteiger partial charge in [0.15, 0.2) is 0 Å². The highest BCUT2D eigenvalue weighted by Gasteiger charge is 2.45. The van der Waals surface area contributed by atoms with Crippen molar-refractivity contribution in [3.8, 4) is 0 Å².